The normalized spacial score (nSPS) is 12.0. The molecule has 0 aliphatic heterocycles. The molecule has 0 spiro atoms. The molecule has 0 aliphatic carbocycles. The third-order valence-corrected chi connectivity index (χ3v) is 5.82. The van der Waals surface area contributed by atoms with Crippen molar-refractivity contribution in [1.29, 1.82) is 0 Å². The number of amides is 2. The molecule has 1 atom stereocenters. The molecule has 0 saturated carbocycles. The molecule has 0 saturated heterocycles. The minimum Gasteiger partial charge on any atom is -0.483 e. The monoisotopic (exact) mass is 478 g/mol. The second-order valence-corrected chi connectivity index (χ2v) is 9.38. The Balaban J connectivity index is 2.21. The van der Waals surface area contributed by atoms with Crippen LogP contribution in [0.5, 0.6) is 5.75 Å². The molecule has 174 valence electrons. The number of hydrogen-bond donors (Lipinski definition) is 1. The average molecular weight is 479 g/mol. The van der Waals surface area contributed by atoms with E-state index in [0.29, 0.717) is 28.3 Å². The lowest BCUT2D eigenvalue weighted by Gasteiger charge is -2.29. The summed E-state index contributed by atoms with van der Waals surface area (Å²) in [5.41, 5.74) is 1.80. The fourth-order valence-electron chi connectivity index (χ4n) is 3.18. The second-order valence-electron chi connectivity index (χ2n) is 8.57. The van der Waals surface area contributed by atoms with Gasteiger partial charge in [0.1, 0.15) is 11.8 Å². The van der Waals surface area contributed by atoms with E-state index in [0.717, 1.165) is 11.1 Å². The number of rotatable bonds is 10. The van der Waals surface area contributed by atoms with Gasteiger partial charge < -0.3 is 15.0 Å². The summed E-state index contributed by atoms with van der Waals surface area (Å²) in [4.78, 5) is 27.4. The van der Waals surface area contributed by atoms with E-state index in [-0.39, 0.29) is 30.9 Å². The molecular weight excluding hydrogens is 447 g/mol. The predicted octanol–water partition coefficient (Wildman–Crippen LogP) is 5.69. The van der Waals surface area contributed by atoms with Crippen molar-refractivity contribution in [2.24, 2.45) is 5.92 Å². The zero-order valence-corrected chi connectivity index (χ0v) is 20.8. The molecule has 0 aliphatic rings. The maximum Gasteiger partial charge on any atom is 0.261 e. The van der Waals surface area contributed by atoms with Gasteiger partial charge in [-0.1, -0.05) is 75.2 Å². The first-order chi connectivity index (χ1) is 15.1. The van der Waals surface area contributed by atoms with Crippen molar-refractivity contribution < 1.29 is 14.3 Å². The van der Waals surface area contributed by atoms with E-state index in [4.69, 9.17) is 27.9 Å². The molecule has 2 rings (SSSR count). The maximum atomic E-state index is 13.2. The lowest BCUT2D eigenvalue weighted by Crippen LogP contribution is -2.49. The van der Waals surface area contributed by atoms with Gasteiger partial charge in [0, 0.05) is 13.1 Å². The molecule has 0 fully saturated rings. The topological polar surface area (TPSA) is 58.6 Å². The first kappa shape index (κ1) is 26.0. The van der Waals surface area contributed by atoms with Gasteiger partial charge in [0.25, 0.3) is 5.91 Å². The number of carbonyl (C=O) groups excluding carboxylic acids is 2. The van der Waals surface area contributed by atoms with Gasteiger partial charge in [-0.25, -0.2) is 0 Å². The van der Waals surface area contributed by atoms with Crippen molar-refractivity contribution in [3.63, 3.8) is 0 Å². The highest BCUT2D eigenvalue weighted by Gasteiger charge is 2.27. The number of para-hydroxylation sites is 1. The number of halogens is 2. The molecule has 32 heavy (non-hydrogen) atoms. The molecule has 5 nitrogen and oxygen atoms in total. The highest BCUT2D eigenvalue weighted by atomic mass is 35.5. The summed E-state index contributed by atoms with van der Waals surface area (Å²) in [6, 6.07) is 12.2. The summed E-state index contributed by atoms with van der Waals surface area (Å²) < 4.78 is 5.88. The zero-order valence-electron chi connectivity index (χ0n) is 19.3. The molecule has 0 radical (unpaired) electrons. The second kappa shape index (κ2) is 12.1. The van der Waals surface area contributed by atoms with Crippen molar-refractivity contribution in [3.8, 4) is 5.75 Å². The summed E-state index contributed by atoms with van der Waals surface area (Å²) in [5, 5.41) is 3.73. The molecule has 1 unspecified atom stereocenters. The summed E-state index contributed by atoms with van der Waals surface area (Å²) >= 11 is 12.2. The van der Waals surface area contributed by atoms with E-state index < -0.39 is 6.04 Å². The molecule has 2 aromatic carbocycles. The summed E-state index contributed by atoms with van der Waals surface area (Å²) in [6.45, 7) is 10.5. The number of benzene rings is 2. The highest BCUT2D eigenvalue weighted by Crippen LogP contribution is 2.26. The standard InChI is InChI=1S/C25H32Cl2N2O3/c1-16(2)13-28-25(31)18(5)29(14-19-10-11-21(26)22(27)12-19)24(30)15-32-23-9-7-6-8-20(23)17(3)4/h6-12,16-18H,13-15H2,1-5H3,(H,28,31). The van der Waals surface area contributed by atoms with Crippen LogP contribution in [0.4, 0.5) is 0 Å². The molecule has 1 N–H and O–H groups in total. The van der Waals surface area contributed by atoms with Gasteiger partial charge in [0.2, 0.25) is 5.91 Å². The van der Waals surface area contributed by atoms with E-state index in [1.54, 1.807) is 25.1 Å². The molecule has 0 aromatic heterocycles. The lowest BCUT2D eigenvalue weighted by atomic mass is 10.0. The molecule has 0 heterocycles. The van der Waals surface area contributed by atoms with Gasteiger partial charge in [-0.15, -0.1) is 0 Å². The number of carbonyl (C=O) groups is 2. The number of nitrogens with zero attached hydrogens (tertiary/aromatic N) is 1. The smallest absolute Gasteiger partial charge is 0.261 e. The third-order valence-electron chi connectivity index (χ3n) is 5.08. The largest absolute Gasteiger partial charge is 0.483 e. The van der Waals surface area contributed by atoms with Crippen LogP contribution in [-0.4, -0.2) is 35.9 Å². The lowest BCUT2D eigenvalue weighted by molar-refractivity contribution is -0.142. The van der Waals surface area contributed by atoms with Crippen LogP contribution in [0.3, 0.4) is 0 Å². The van der Waals surface area contributed by atoms with Gasteiger partial charge in [-0.05, 0) is 48.1 Å². The molecule has 2 aromatic rings. The Labute approximate surface area is 201 Å². The Hall–Kier alpha value is -2.24. The Morgan fingerprint density at radius 1 is 1.00 bits per heavy atom. The van der Waals surface area contributed by atoms with Crippen LogP contribution in [0.2, 0.25) is 10.0 Å². The van der Waals surface area contributed by atoms with Crippen molar-refractivity contribution in [3.05, 3.63) is 63.6 Å². The van der Waals surface area contributed by atoms with E-state index in [1.807, 2.05) is 38.1 Å². The van der Waals surface area contributed by atoms with Crippen LogP contribution in [0.1, 0.15) is 51.7 Å². The minimum absolute atomic E-state index is 0.174. The van der Waals surface area contributed by atoms with Gasteiger partial charge in [0.05, 0.1) is 10.0 Å². The van der Waals surface area contributed by atoms with Gasteiger partial charge >= 0.3 is 0 Å². The first-order valence-electron chi connectivity index (χ1n) is 10.8. The van der Waals surface area contributed by atoms with Crippen LogP contribution in [0.15, 0.2) is 42.5 Å². The van der Waals surface area contributed by atoms with Crippen molar-refractivity contribution in [2.75, 3.05) is 13.2 Å². The Kier molecular flexibility index (Phi) is 9.85. The number of ether oxygens (including phenoxy) is 1. The Bertz CT molecular complexity index is 931. The van der Waals surface area contributed by atoms with Gasteiger partial charge in [-0.3, -0.25) is 9.59 Å². The Morgan fingerprint density at radius 3 is 2.31 bits per heavy atom. The van der Waals surface area contributed by atoms with E-state index in [1.165, 1.54) is 4.90 Å². The van der Waals surface area contributed by atoms with E-state index >= 15 is 0 Å². The minimum atomic E-state index is -0.681. The number of nitrogens with one attached hydrogen (secondary N) is 1. The fraction of sp³-hybridized carbons (Fsp3) is 0.440. The van der Waals surface area contributed by atoms with E-state index in [2.05, 4.69) is 19.2 Å². The van der Waals surface area contributed by atoms with Crippen LogP contribution in [-0.2, 0) is 16.1 Å². The summed E-state index contributed by atoms with van der Waals surface area (Å²) in [7, 11) is 0. The van der Waals surface area contributed by atoms with E-state index in [9.17, 15) is 9.59 Å². The summed E-state index contributed by atoms with van der Waals surface area (Å²) in [5.74, 6) is 0.731. The maximum absolute atomic E-state index is 13.2. The SMILES string of the molecule is CC(C)CNC(=O)C(C)N(Cc1ccc(Cl)c(Cl)c1)C(=O)COc1ccccc1C(C)C. The number of hydrogen-bond acceptors (Lipinski definition) is 3. The van der Waals surface area contributed by atoms with Gasteiger partial charge in [0.15, 0.2) is 6.61 Å². The Morgan fingerprint density at radius 2 is 1.69 bits per heavy atom. The molecule has 0 bridgehead atoms. The van der Waals surface area contributed by atoms with Crippen LogP contribution < -0.4 is 10.1 Å². The predicted molar refractivity (Wildman–Crippen MR) is 130 cm³/mol. The van der Waals surface area contributed by atoms with Crippen molar-refractivity contribution in [1.82, 2.24) is 10.2 Å². The first-order valence-corrected chi connectivity index (χ1v) is 11.6. The third kappa shape index (κ3) is 7.42. The molecule has 7 heteroatoms. The zero-order chi connectivity index (χ0) is 23.8. The molecular formula is C25H32Cl2N2O3. The van der Waals surface area contributed by atoms with Gasteiger partial charge in [-0.2, -0.15) is 0 Å². The average Bonchev–Trinajstić information content (AvgIpc) is 2.76. The van der Waals surface area contributed by atoms with Crippen LogP contribution >= 0.6 is 23.2 Å². The van der Waals surface area contributed by atoms with Crippen LogP contribution in [0, 0.1) is 5.92 Å². The quantitative estimate of drug-likeness (QED) is 0.477. The fourth-order valence-corrected chi connectivity index (χ4v) is 3.50. The molecule has 2 amide bonds. The van der Waals surface area contributed by atoms with Crippen LogP contribution in [0.25, 0.3) is 0 Å². The summed E-state index contributed by atoms with van der Waals surface area (Å²) in [6.07, 6.45) is 0. The van der Waals surface area contributed by atoms with Crippen molar-refractivity contribution in [2.45, 2.75) is 53.1 Å². The van der Waals surface area contributed by atoms with Crippen molar-refractivity contribution >= 4 is 35.0 Å². The highest BCUT2D eigenvalue weighted by molar-refractivity contribution is 6.42.